The Balaban J connectivity index is 2.03. The molecule has 4 rings (SSSR count). The molecule has 4 nitrogen and oxygen atoms in total. The normalized spacial score (nSPS) is 19.2. The van der Waals surface area contributed by atoms with E-state index in [1.54, 1.807) is 0 Å². The molecule has 1 aromatic heterocycles. The number of anilines is 1. The number of carbonyl (C=O) groups is 1. The molecule has 2 aromatic rings. The Morgan fingerprint density at radius 3 is 2.65 bits per heavy atom. The van der Waals surface area contributed by atoms with E-state index in [0.717, 1.165) is 50.6 Å². The number of nitriles is 1. The lowest BCUT2D eigenvalue weighted by Gasteiger charge is -2.43. The lowest BCUT2D eigenvalue weighted by atomic mass is 9.68. The molecule has 5 heteroatoms. The fourth-order valence-electron chi connectivity index (χ4n) is 4.28. The van der Waals surface area contributed by atoms with Crippen molar-refractivity contribution in [3.05, 3.63) is 33.0 Å². The van der Waals surface area contributed by atoms with Crippen LogP contribution in [0, 0.1) is 18.3 Å². The van der Waals surface area contributed by atoms with Crippen molar-refractivity contribution < 1.29 is 9.53 Å². The van der Waals surface area contributed by atoms with Crippen LogP contribution in [0.3, 0.4) is 0 Å². The van der Waals surface area contributed by atoms with Crippen molar-refractivity contribution >= 4 is 22.8 Å². The van der Waals surface area contributed by atoms with Gasteiger partial charge in [-0.05, 0) is 51.8 Å². The predicted octanol–water partition coefficient (Wildman–Crippen LogP) is 4.58. The zero-order chi connectivity index (χ0) is 18.9. The molecule has 0 radical (unpaired) electrons. The predicted molar refractivity (Wildman–Crippen MR) is 104 cm³/mol. The summed E-state index contributed by atoms with van der Waals surface area (Å²) >= 11 is 1.45. The molecule has 0 saturated carbocycles. The Bertz CT molecular complexity index is 992. The molecule has 3 heterocycles. The Morgan fingerprint density at radius 2 is 2.00 bits per heavy atom. The van der Waals surface area contributed by atoms with Crippen molar-refractivity contribution in [1.82, 2.24) is 0 Å². The van der Waals surface area contributed by atoms with Gasteiger partial charge in [0, 0.05) is 34.2 Å². The van der Waals surface area contributed by atoms with Gasteiger partial charge in [0.05, 0.1) is 17.6 Å². The number of nitrogens with one attached hydrogen (secondary N) is 1. The molecular weight excluding hydrogens is 344 g/mol. The second-order valence-electron chi connectivity index (χ2n) is 8.17. The van der Waals surface area contributed by atoms with Crippen LogP contribution in [0.5, 0.6) is 5.75 Å². The summed E-state index contributed by atoms with van der Waals surface area (Å²) in [5.74, 6) is 1.07. The fraction of sp³-hybridized carbons (Fsp3) is 0.429. The van der Waals surface area contributed by atoms with E-state index in [4.69, 9.17) is 4.74 Å². The lowest BCUT2D eigenvalue weighted by Crippen LogP contribution is -2.53. The minimum atomic E-state index is -0.610. The second kappa shape index (κ2) is 5.34. The topological polar surface area (TPSA) is 62.1 Å². The van der Waals surface area contributed by atoms with Crippen LogP contribution in [0.1, 0.15) is 49.3 Å². The van der Waals surface area contributed by atoms with E-state index >= 15 is 0 Å². The number of hydrogen-bond donors (Lipinski definition) is 1. The first kappa shape index (κ1) is 17.1. The molecule has 134 valence electrons. The summed E-state index contributed by atoms with van der Waals surface area (Å²) in [6.45, 7) is 10.5. The average Bonchev–Trinajstić information content (AvgIpc) is 3.20. The van der Waals surface area contributed by atoms with Crippen LogP contribution in [0.4, 0.5) is 5.69 Å². The van der Waals surface area contributed by atoms with Crippen molar-refractivity contribution in [2.75, 3.05) is 11.9 Å². The molecule has 0 amide bonds. The zero-order valence-electron chi connectivity index (χ0n) is 15.7. The van der Waals surface area contributed by atoms with Gasteiger partial charge in [0.2, 0.25) is 0 Å². The molecule has 2 aliphatic heterocycles. The van der Waals surface area contributed by atoms with Gasteiger partial charge in [-0.2, -0.15) is 5.26 Å². The van der Waals surface area contributed by atoms with E-state index in [1.807, 2.05) is 40.0 Å². The van der Waals surface area contributed by atoms with Gasteiger partial charge in [0.1, 0.15) is 16.7 Å². The average molecular weight is 366 g/mol. The van der Waals surface area contributed by atoms with E-state index in [-0.39, 0.29) is 5.78 Å². The molecule has 0 aliphatic carbocycles. The number of carbonyl (C=O) groups excluding carboxylic acids is 1. The Labute approximate surface area is 157 Å². The molecule has 1 N–H and O–H groups in total. The van der Waals surface area contributed by atoms with Gasteiger partial charge in [-0.15, -0.1) is 11.3 Å². The summed E-state index contributed by atoms with van der Waals surface area (Å²) in [5, 5.41) is 14.8. The number of thiophene rings is 1. The standard InChI is InChI=1S/C21H22N2O2S/c1-11-14(10-26-16(11)9-22)13-8-15-17(12-6-7-25-18(12)13)23-21(4,5)19(24)20(15,2)3/h8,10,23H,6-7H2,1-5H3. The second-order valence-corrected chi connectivity index (χ2v) is 9.05. The SMILES string of the molecule is Cc1c(-c2cc3c(c4c2OCC4)NC(C)(C)C(=O)C3(C)C)csc1C#N. The van der Waals surface area contributed by atoms with E-state index < -0.39 is 11.0 Å². The molecule has 0 unspecified atom stereocenters. The van der Waals surface area contributed by atoms with Crippen LogP contribution in [0.15, 0.2) is 11.4 Å². The third-order valence-electron chi connectivity index (χ3n) is 5.65. The molecule has 0 saturated heterocycles. The zero-order valence-corrected chi connectivity index (χ0v) is 16.6. The minimum absolute atomic E-state index is 0.182. The van der Waals surface area contributed by atoms with E-state index in [2.05, 4.69) is 17.5 Å². The number of benzene rings is 1. The third-order valence-corrected chi connectivity index (χ3v) is 6.64. The van der Waals surface area contributed by atoms with E-state index in [0.29, 0.717) is 6.61 Å². The van der Waals surface area contributed by atoms with Gasteiger partial charge in [-0.3, -0.25) is 4.79 Å². The third kappa shape index (κ3) is 2.15. The van der Waals surface area contributed by atoms with Crippen molar-refractivity contribution in [2.45, 2.75) is 52.0 Å². The molecule has 0 bridgehead atoms. The first-order valence-corrected chi connectivity index (χ1v) is 9.71. The summed E-state index contributed by atoms with van der Waals surface area (Å²) in [7, 11) is 0. The highest BCUT2D eigenvalue weighted by Gasteiger charge is 2.47. The van der Waals surface area contributed by atoms with Crippen molar-refractivity contribution in [1.29, 1.82) is 5.26 Å². The number of hydrogen-bond acceptors (Lipinski definition) is 5. The fourth-order valence-corrected chi connectivity index (χ4v) is 5.16. The van der Waals surface area contributed by atoms with E-state index in [9.17, 15) is 10.1 Å². The minimum Gasteiger partial charge on any atom is -0.492 e. The number of rotatable bonds is 1. The van der Waals surface area contributed by atoms with Crippen LogP contribution >= 0.6 is 11.3 Å². The number of ether oxygens (including phenoxy) is 1. The maximum Gasteiger partial charge on any atom is 0.167 e. The smallest absolute Gasteiger partial charge is 0.167 e. The quantitative estimate of drug-likeness (QED) is 0.802. The molecule has 2 aliphatic rings. The lowest BCUT2D eigenvalue weighted by molar-refractivity contribution is -0.127. The maximum absolute atomic E-state index is 13.1. The summed E-state index contributed by atoms with van der Waals surface area (Å²) in [4.78, 5) is 13.8. The van der Waals surface area contributed by atoms with Gasteiger partial charge < -0.3 is 10.1 Å². The highest BCUT2D eigenvalue weighted by molar-refractivity contribution is 7.11. The Hall–Kier alpha value is -2.32. The summed E-state index contributed by atoms with van der Waals surface area (Å²) < 4.78 is 6.01. The van der Waals surface area contributed by atoms with Crippen LogP contribution in [-0.2, 0) is 16.6 Å². The molecule has 26 heavy (non-hydrogen) atoms. The maximum atomic E-state index is 13.1. The molecule has 0 atom stereocenters. The number of ketones is 1. The number of fused-ring (bicyclic) bond motifs is 3. The number of Topliss-reactive ketones (excluding diaryl/α,β-unsaturated/α-hetero) is 1. The summed E-state index contributed by atoms with van der Waals surface area (Å²) in [6, 6.07) is 4.35. The highest BCUT2D eigenvalue weighted by Crippen LogP contribution is 2.51. The van der Waals surface area contributed by atoms with Crippen molar-refractivity contribution in [2.24, 2.45) is 0 Å². The van der Waals surface area contributed by atoms with E-state index in [1.165, 1.54) is 11.3 Å². The van der Waals surface area contributed by atoms with Crippen molar-refractivity contribution in [3.8, 4) is 22.9 Å². The van der Waals surface area contributed by atoms with Crippen LogP contribution in [0.2, 0.25) is 0 Å². The van der Waals surface area contributed by atoms with Gasteiger partial charge in [0.15, 0.2) is 5.78 Å². The van der Waals surface area contributed by atoms with Crippen LogP contribution < -0.4 is 10.1 Å². The van der Waals surface area contributed by atoms with Gasteiger partial charge in [0.25, 0.3) is 0 Å². The van der Waals surface area contributed by atoms with Crippen LogP contribution in [0.25, 0.3) is 11.1 Å². The highest BCUT2D eigenvalue weighted by atomic mass is 32.1. The number of nitrogens with zero attached hydrogens (tertiary/aromatic N) is 1. The van der Waals surface area contributed by atoms with Gasteiger partial charge >= 0.3 is 0 Å². The monoisotopic (exact) mass is 366 g/mol. The van der Waals surface area contributed by atoms with Gasteiger partial charge in [-0.1, -0.05) is 0 Å². The van der Waals surface area contributed by atoms with Gasteiger partial charge in [-0.25, -0.2) is 0 Å². The summed E-state index contributed by atoms with van der Waals surface area (Å²) in [5.41, 5.74) is 5.02. The molecule has 1 aromatic carbocycles. The molecular formula is C21H22N2O2S. The Kier molecular flexibility index (Phi) is 3.51. The van der Waals surface area contributed by atoms with Crippen molar-refractivity contribution in [3.63, 3.8) is 0 Å². The molecule has 0 fully saturated rings. The summed E-state index contributed by atoms with van der Waals surface area (Å²) in [6.07, 6.45) is 0.827. The largest absolute Gasteiger partial charge is 0.492 e. The van der Waals surface area contributed by atoms with Crippen LogP contribution in [-0.4, -0.2) is 17.9 Å². The molecule has 0 spiro atoms. The Morgan fingerprint density at radius 1 is 1.27 bits per heavy atom. The first-order chi connectivity index (χ1) is 12.2. The first-order valence-electron chi connectivity index (χ1n) is 8.83.